The normalized spacial score (nSPS) is 23.0. The summed E-state index contributed by atoms with van der Waals surface area (Å²) in [6, 6.07) is 11.6. The molecule has 2 N–H and O–H groups in total. The van der Waals surface area contributed by atoms with Gasteiger partial charge < -0.3 is 15.0 Å². The molecule has 0 aliphatic carbocycles. The quantitative estimate of drug-likeness (QED) is 0.917. The summed E-state index contributed by atoms with van der Waals surface area (Å²) in [6.45, 7) is 3.31. The first-order valence-corrected chi connectivity index (χ1v) is 7.78. The number of piperidine rings is 1. The largest absolute Gasteiger partial charge is 0.379 e. The summed E-state index contributed by atoms with van der Waals surface area (Å²) in [4.78, 5) is 14.5. The monoisotopic (exact) mass is 301 g/mol. The summed E-state index contributed by atoms with van der Waals surface area (Å²) < 4.78 is 7.30. The van der Waals surface area contributed by atoms with E-state index in [0.717, 1.165) is 37.0 Å². The molecular weight excluding hydrogens is 278 g/mol. The molecule has 1 aromatic carbocycles. The fourth-order valence-corrected chi connectivity index (χ4v) is 3.17. The van der Waals surface area contributed by atoms with E-state index in [1.54, 1.807) is 13.2 Å². The molecule has 1 saturated heterocycles. The van der Waals surface area contributed by atoms with Crippen molar-refractivity contribution in [2.45, 2.75) is 25.1 Å². The number of benzene rings is 1. The Hall–Kier alpha value is -1.69. The van der Waals surface area contributed by atoms with Crippen LogP contribution in [-0.4, -0.2) is 48.4 Å². The molecule has 0 saturated carbocycles. The van der Waals surface area contributed by atoms with Gasteiger partial charge >= 0.3 is 0 Å². The van der Waals surface area contributed by atoms with Crippen LogP contribution in [0.3, 0.4) is 0 Å². The smallest absolute Gasteiger partial charge is 0.251 e. The van der Waals surface area contributed by atoms with Crippen LogP contribution in [0.5, 0.6) is 0 Å². The van der Waals surface area contributed by atoms with Crippen molar-refractivity contribution in [3.8, 4) is 0 Å². The number of pyridine rings is 1. The van der Waals surface area contributed by atoms with E-state index in [4.69, 9.17) is 10.5 Å². The first kappa shape index (κ1) is 15.2. The molecule has 5 nitrogen and oxygen atoms in total. The molecule has 0 unspecified atom stereocenters. The topological polar surface area (TPSA) is 60.5 Å². The highest BCUT2D eigenvalue weighted by molar-refractivity contribution is 5.78. The third kappa shape index (κ3) is 3.06. The second kappa shape index (κ2) is 6.60. The van der Waals surface area contributed by atoms with Crippen LogP contribution < -0.4 is 11.3 Å². The molecule has 1 aliphatic rings. The average Bonchev–Trinajstić information content (AvgIpc) is 2.55. The Kier molecular flexibility index (Phi) is 4.57. The van der Waals surface area contributed by atoms with Gasteiger partial charge in [-0.1, -0.05) is 18.2 Å². The standard InChI is InChI=1S/C17H23N3O2/c1-22-16-12-19(9-8-14(16)18)10-11-20-15-5-3-2-4-13(15)6-7-17(20)21/h2-7,14,16H,8-12,18H2,1H3/t14-,16-/m0/s1. The zero-order chi connectivity index (χ0) is 15.5. The molecule has 2 atom stereocenters. The second-order valence-electron chi connectivity index (χ2n) is 5.91. The number of nitrogens with zero attached hydrogens (tertiary/aromatic N) is 2. The summed E-state index contributed by atoms with van der Waals surface area (Å²) in [6.07, 6.45) is 1.01. The van der Waals surface area contributed by atoms with E-state index >= 15 is 0 Å². The Balaban J connectivity index is 1.74. The average molecular weight is 301 g/mol. The van der Waals surface area contributed by atoms with Crippen molar-refractivity contribution in [1.82, 2.24) is 9.47 Å². The van der Waals surface area contributed by atoms with Crippen molar-refractivity contribution in [2.75, 3.05) is 26.7 Å². The van der Waals surface area contributed by atoms with Gasteiger partial charge in [0, 0.05) is 38.9 Å². The van der Waals surface area contributed by atoms with Gasteiger partial charge in [-0.05, 0) is 30.5 Å². The zero-order valence-corrected chi connectivity index (χ0v) is 12.9. The summed E-state index contributed by atoms with van der Waals surface area (Å²) in [5, 5.41) is 1.09. The maximum absolute atomic E-state index is 12.2. The lowest BCUT2D eigenvalue weighted by Crippen LogP contribution is -2.52. The van der Waals surface area contributed by atoms with E-state index < -0.39 is 0 Å². The number of hydrogen-bond donors (Lipinski definition) is 1. The number of likely N-dealkylation sites (tertiary alicyclic amines) is 1. The lowest BCUT2D eigenvalue weighted by Gasteiger charge is -2.36. The second-order valence-corrected chi connectivity index (χ2v) is 5.91. The van der Waals surface area contributed by atoms with Gasteiger partial charge in [-0.2, -0.15) is 0 Å². The van der Waals surface area contributed by atoms with Crippen molar-refractivity contribution >= 4 is 10.9 Å². The molecule has 0 spiro atoms. The van der Waals surface area contributed by atoms with Crippen LogP contribution in [0.2, 0.25) is 0 Å². The van der Waals surface area contributed by atoms with E-state index in [9.17, 15) is 4.79 Å². The molecule has 0 amide bonds. The highest BCUT2D eigenvalue weighted by Crippen LogP contribution is 2.14. The Bertz CT molecular complexity index is 698. The van der Waals surface area contributed by atoms with E-state index in [2.05, 4.69) is 4.90 Å². The molecule has 1 fully saturated rings. The van der Waals surface area contributed by atoms with E-state index in [-0.39, 0.29) is 17.7 Å². The molecule has 1 aromatic heterocycles. The number of ether oxygens (including phenoxy) is 1. The predicted molar refractivity (Wildman–Crippen MR) is 88.0 cm³/mol. The van der Waals surface area contributed by atoms with Crippen molar-refractivity contribution in [3.63, 3.8) is 0 Å². The molecule has 118 valence electrons. The van der Waals surface area contributed by atoms with Crippen LogP contribution in [0.1, 0.15) is 6.42 Å². The fourth-order valence-electron chi connectivity index (χ4n) is 3.17. The van der Waals surface area contributed by atoms with Crippen molar-refractivity contribution in [1.29, 1.82) is 0 Å². The molecular formula is C17H23N3O2. The Morgan fingerprint density at radius 3 is 2.86 bits per heavy atom. The van der Waals surface area contributed by atoms with Crippen LogP contribution >= 0.6 is 0 Å². The lowest BCUT2D eigenvalue weighted by molar-refractivity contribution is 0.0158. The molecule has 1 aliphatic heterocycles. The summed E-state index contributed by atoms with van der Waals surface area (Å²) >= 11 is 0. The zero-order valence-electron chi connectivity index (χ0n) is 12.9. The Labute approximate surface area is 130 Å². The number of hydrogen-bond acceptors (Lipinski definition) is 4. The van der Waals surface area contributed by atoms with Gasteiger partial charge in [0.25, 0.3) is 5.56 Å². The molecule has 2 aromatic rings. The molecule has 22 heavy (non-hydrogen) atoms. The SMILES string of the molecule is CO[C@H]1CN(CCn2c(=O)ccc3ccccc32)CC[C@@H]1N. The van der Waals surface area contributed by atoms with Crippen LogP contribution in [0.15, 0.2) is 41.2 Å². The highest BCUT2D eigenvalue weighted by atomic mass is 16.5. The van der Waals surface area contributed by atoms with Crippen LogP contribution in [0.25, 0.3) is 10.9 Å². The van der Waals surface area contributed by atoms with Crippen LogP contribution in [0, 0.1) is 0 Å². The maximum atomic E-state index is 12.2. The summed E-state index contributed by atoms with van der Waals surface area (Å²) in [5.74, 6) is 0. The number of rotatable bonds is 4. The fraction of sp³-hybridized carbons (Fsp3) is 0.471. The molecule has 2 heterocycles. The van der Waals surface area contributed by atoms with Crippen LogP contribution in [0.4, 0.5) is 0 Å². The van der Waals surface area contributed by atoms with Gasteiger partial charge in [0.15, 0.2) is 0 Å². The van der Waals surface area contributed by atoms with E-state index in [0.29, 0.717) is 6.54 Å². The van der Waals surface area contributed by atoms with Crippen LogP contribution in [-0.2, 0) is 11.3 Å². The minimum Gasteiger partial charge on any atom is -0.379 e. The first-order valence-electron chi connectivity index (χ1n) is 7.78. The van der Waals surface area contributed by atoms with Gasteiger partial charge in [0.2, 0.25) is 0 Å². The highest BCUT2D eigenvalue weighted by Gasteiger charge is 2.26. The van der Waals surface area contributed by atoms with Gasteiger partial charge in [0.05, 0.1) is 11.6 Å². The van der Waals surface area contributed by atoms with Gasteiger partial charge in [-0.15, -0.1) is 0 Å². The van der Waals surface area contributed by atoms with Crippen molar-refractivity contribution in [3.05, 3.63) is 46.8 Å². The lowest BCUT2D eigenvalue weighted by atomic mass is 10.0. The first-order chi connectivity index (χ1) is 10.7. The summed E-state index contributed by atoms with van der Waals surface area (Å²) in [5.41, 5.74) is 7.09. The molecule has 0 bridgehead atoms. The number of methoxy groups -OCH3 is 1. The van der Waals surface area contributed by atoms with E-state index in [1.807, 2.05) is 34.9 Å². The summed E-state index contributed by atoms with van der Waals surface area (Å²) in [7, 11) is 1.71. The predicted octanol–water partition coefficient (Wildman–Crippen LogP) is 1.05. The van der Waals surface area contributed by atoms with Crippen molar-refractivity contribution < 1.29 is 4.74 Å². The molecule has 0 radical (unpaired) electrons. The van der Waals surface area contributed by atoms with E-state index in [1.165, 1.54) is 0 Å². The number of aromatic nitrogens is 1. The number of para-hydroxylation sites is 1. The number of nitrogens with two attached hydrogens (primary N) is 1. The van der Waals surface area contributed by atoms with Gasteiger partial charge in [-0.3, -0.25) is 9.69 Å². The minimum absolute atomic E-state index is 0.0516. The Morgan fingerprint density at radius 2 is 2.05 bits per heavy atom. The molecule has 3 rings (SSSR count). The maximum Gasteiger partial charge on any atom is 0.251 e. The van der Waals surface area contributed by atoms with Gasteiger partial charge in [0.1, 0.15) is 0 Å². The Morgan fingerprint density at radius 1 is 1.23 bits per heavy atom. The molecule has 5 heteroatoms. The van der Waals surface area contributed by atoms with Crippen molar-refractivity contribution in [2.24, 2.45) is 5.73 Å². The minimum atomic E-state index is 0.0516. The third-order valence-corrected chi connectivity index (χ3v) is 4.54. The number of fused-ring (bicyclic) bond motifs is 1. The third-order valence-electron chi connectivity index (χ3n) is 4.54. The van der Waals surface area contributed by atoms with Gasteiger partial charge in [-0.25, -0.2) is 0 Å².